The molecular formula is C15H26OSi. The lowest BCUT2D eigenvalue weighted by molar-refractivity contribution is 0.222. The van der Waals surface area contributed by atoms with Gasteiger partial charge >= 0.3 is 0 Å². The number of rotatable bonds is 5. The van der Waals surface area contributed by atoms with Gasteiger partial charge in [0.2, 0.25) is 8.32 Å². The van der Waals surface area contributed by atoms with E-state index in [1.54, 1.807) is 0 Å². The van der Waals surface area contributed by atoms with E-state index in [9.17, 15) is 0 Å². The second-order valence-corrected chi connectivity index (χ2v) is 10.3. The molecular weight excluding hydrogens is 224 g/mol. The van der Waals surface area contributed by atoms with Crippen molar-refractivity contribution in [2.75, 3.05) is 0 Å². The summed E-state index contributed by atoms with van der Waals surface area (Å²) in [6.07, 6.45) is 0.298. The van der Waals surface area contributed by atoms with Crippen molar-refractivity contribution >= 4 is 13.5 Å². The Morgan fingerprint density at radius 1 is 0.824 bits per heavy atom. The summed E-state index contributed by atoms with van der Waals surface area (Å²) in [5.41, 5.74) is 1.18. The van der Waals surface area contributed by atoms with Crippen LogP contribution >= 0.6 is 0 Å². The summed E-state index contributed by atoms with van der Waals surface area (Å²) in [6.45, 7) is 13.5. The zero-order valence-corrected chi connectivity index (χ0v) is 13.0. The maximum Gasteiger partial charge on any atom is 0.229 e. The molecule has 0 bridgehead atoms. The molecule has 96 valence electrons. The molecule has 17 heavy (non-hydrogen) atoms. The van der Waals surface area contributed by atoms with E-state index in [1.807, 2.05) is 0 Å². The molecule has 0 saturated carbocycles. The van der Waals surface area contributed by atoms with Crippen LogP contribution < -0.4 is 5.19 Å². The Kier molecular flexibility index (Phi) is 4.96. The predicted molar refractivity (Wildman–Crippen MR) is 78.2 cm³/mol. The molecule has 0 atom stereocenters. The molecule has 1 aromatic rings. The minimum atomic E-state index is -1.89. The van der Waals surface area contributed by atoms with Gasteiger partial charge in [0.15, 0.2) is 0 Å². The summed E-state index contributed by atoms with van der Waals surface area (Å²) >= 11 is 0. The second-order valence-electron chi connectivity index (χ2n) is 5.64. The fourth-order valence-electron chi connectivity index (χ4n) is 2.76. The molecule has 2 heteroatoms. The molecule has 0 N–H and O–H groups in total. The molecule has 0 heterocycles. The molecule has 0 radical (unpaired) electrons. The van der Waals surface area contributed by atoms with Gasteiger partial charge in [-0.2, -0.15) is 0 Å². The second kappa shape index (κ2) is 5.83. The first-order chi connectivity index (χ1) is 7.91. The Morgan fingerprint density at radius 2 is 1.29 bits per heavy atom. The van der Waals surface area contributed by atoms with Gasteiger partial charge in [-0.1, -0.05) is 58.0 Å². The Labute approximate surface area is 107 Å². The van der Waals surface area contributed by atoms with Gasteiger partial charge in [0.25, 0.3) is 0 Å². The SMILES string of the molecule is CC(C)O[Si](c1ccccc1)(C(C)C)C(C)C. The van der Waals surface area contributed by atoms with E-state index in [4.69, 9.17) is 4.43 Å². The van der Waals surface area contributed by atoms with Gasteiger partial charge in [0.1, 0.15) is 0 Å². The first-order valence-electron chi connectivity index (χ1n) is 6.64. The van der Waals surface area contributed by atoms with Crippen molar-refractivity contribution in [3.8, 4) is 0 Å². The van der Waals surface area contributed by atoms with Gasteiger partial charge < -0.3 is 4.43 Å². The van der Waals surface area contributed by atoms with Gasteiger partial charge in [0, 0.05) is 6.10 Å². The Bertz CT molecular complexity index is 322. The lowest BCUT2D eigenvalue weighted by atomic mass is 10.4. The van der Waals surface area contributed by atoms with E-state index < -0.39 is 8.32 Å². The topological polar surface area (TPSA) is 9.23 Å². The lowest BCUT2D eigenvalue weighted by Crippen LogP contribution is -2.57. The largest absolute Gasteiger partial charge is 0.410 e. The third-order valence-corrected chi connectivity index (χ3v) is 8.90. The van der Waals surface area contributed by atoms with Crippen LogP contribution in [0.4, 0.5) is 0 Å². The van der Waals surface area contributed by atoms with Crippen LogP contribution in [0.1, 0.15) is 41.5 Å². The third kappa shape index (κ3) is 2.99. The van der Waals surface area contributed by atoms with Crippen molar-refractivity contribution in [3.05, 3.63) is 30.3 Å². The van der Waals surface area contributed by atoms with E-state index in [0.717, 1.165) is 0 Å². The maximum absolute atomic E-state index is 6.49. The summed E-state index contributed by atoms with van der Waals surface area (Å²) in [4.78, 5) is 0. The van der Waals surface area contributed by atoms with Crippen LogP contribution in [0.3, 0.4) is 0 Å². The molecule has 1 aromatic carbocycles. The molecule has 0 saturated heterocycles. The highest BCUT2D eigenvalue weighted by Gasteiger charge is 2.44. The predicted octanol–water partition coefficient (Wildman–Crippen LogP) is 4.08. The fourth-order valence-corrected chi connectivity index (χ4v) is 7.60. The van der Waals surface area contributed by atoms with Crippen molar-refractivity contribution in [2.24, 2.45) is 0 Å². The van der Waals surface area contributed by atoms with E-state index in [-0.39, 0.29) is 0 Å². The number of hydrogen-bond acceptors (Lipinski definition) is 1. The highest BCUT2D eigenvalue weighted by molar-refractivity contribution is 6.88. The van der Waals surface area contributed by atoms with Crippen LogP contribution in [0.5, 0.6) is 0 Å². The van der Waals surface area contributed by atoms with Crippen molar-refractivity contribution in [1.82, 2.24) is 0 Å². The zero-order valence-electron chi connectivity index (χ0n) is 12.0. The average molecular weight is 250 g/mol. The average Bonchev–Trinajstić information content (AvgIpc) is 2.25. The molecule has 1 rings (SSSR count). The standard InChI is InChI=1S/C15H26OSi/c1-12(2)16-17(13(3)4,14(5)6)15-10-8-7-9-11-15/h7-14H,1-6H3. The van der Waals surface area contributed by atoms with Crippen LogP contribution in [0.2, 0.25) is 11.1 Å². The molecule has 0 unspecified atom stereocenters. The van der Waals surface area contributed by atoms with Crippen molar-refractivity contribution in [2.45, 2.75) is 58.7 Å². The van der Waals surface area contributed by atoms with Crippen LogP contribution in [-0.2, 0) is 4.43 Å². The Hall–Kier alpha value is -0.603. The molecule has 1 nitrogen and oxygen atoms in total. The normalized spacial score (nSPS) is 12.8. The first-order valence-corrected chi connectivity index (χ1v) is 8.70. The summed E-state index contributed by atoms with van der Waals surface area (Å²) in [6, 6.07) is 10.8. The van der Waals surface area contributed by atoms with Crippen LogP contribution in [0.15, 0.2) is 30.3 Å². The molecule has 0 amide bonds. The quantitative estimate of drug-likeness (QED) is 0.715. The molecule has 0 aliphatic rings. The van der Waals surface area contributed by atoms with Gasteiger partial charge in [-0.05, 0) is 30.1 Å². The number of benzene rings is 1. The molecule has 0 spiro atoms. The van der Waals surface area contributed by atoms with Crippen molar-refractivity contribution < 1.29 is 4.43 Å². The summed E-state index contributed by atoms with van der Waals surface area (Å²) < 4.78 is 6.49. The summed E-state index contributed by atoms with van der Waals surface area (Å²) in [5, 5.41) is 1.43. The van der Waals surface area contributed by atoms with E-state index in [1.165, 1.54) is 5.19 Å². The smallest absolute Gasteiger partial charge is 0.229 e. The summed E-state index contributed by atoms with van der Waals surface area (Å²) in [5.74, 6) is 0. The highest BCUT2D eigenvalue weighted by atomic mass is 28.4. The Morgan fingerprint density at radius 3 is 1.65 bits per heavy atom. The molecule has 0 aliphatic carbocycles. The van der Waals surface area contributed by atoms with Gasteiger partial charge in [0.05, 0.1) is 0 Å². The van der Waals surface area contributed by atoms with E-state index >= 15 is 0 Å². The van der Waals surface area contributed by atoms with Crippen LogP contribution in [0.25, 0.3) is 0 Å². The third-order valence-electron chi connectivity index (χ3n) is 3.37. The van der Waals surface area contributed by atoms with E-state index in [0.29, 0.717) is 17.2 Å². The Balaban J connectivity index is 3.25. The van der Waals surface area contributed by atoms with Crippen LogP contribution in [-0.4, -0.2) is 14.4 Å². The highest BCUT2D eigenvalue weighted by Crippen LogP contribution is 2.34. The van der Waals surface area contributed by atoms with Gasteiger partial charge in [-0.25, -0.2) is 0 Å². The van der Waals surface area contributed by atoms with Crippen molar-refractivity contribution in [3.63, 3.8) is 0 Å². The molecule has 0 aliphatic heterocycles. The lowest BCUT2D eigenvalue weighted by Gasteiger charge is -2.40. The van der Waals surface area contributed by atoms with E-state index in [2.05, 4.69) is 71.9 Å². The van der Waals surface area contributed by atoms with Crippen molar-refractivity contribution in [1.29, 1.82) is 0 Å². The minimum absolute atomic E-state index is 0.298. The minimum Gasteiger partial charge on any atom is -0.410 e. The van der Waals surface area contributed by atoms with Gasteiger partial charge in [-0.15, -0.1) is 0 Å². The summed E-state index contributed by atoms with van der Waals surface area (Å²) in [7, 11) is -1.89. The maximum atomic E-state index is 6.49. The zero-order chi connectivity index (χ0) is 13.1. The molecule has 0 fully saturated rings. The van der Waals surface area contributed by atoms with Crippen LogP contribution in [0, 0.1) is 0 Å². The first kappa shape index (κ1) is 14.5. The fraction of sp³-hybridized carbons (Fsp3) is 0.600. The molecule has 0 aromatic heterocycles. The van der Waals surface area contributed by atoms with Gasteiger partial charge in [-0.3, -0.25) is 0 Å². The monoisotopic (exact) mass is 250 g/mol. The number of hydrogen-bond donors (Lipinski definition) is 0.